The number of nitrogens with zero attached hydrogens (tertiary/aromatic N) is 2. The van der Waals surface area contributed by atoms with Crippen molar-refractivity contribution in [2.75, 3.05) is 39.4 Å². The van der Waals surface area contributed by atoms with Gasteiger partial charge in [0, 0.05) is 38.6 Å². The van der Waals surface area contributed by atoms with E-state index in [0.29, 0.717) is 23.2 Å². The quantitative estimate of drug-likeness (QED) is 0.715. The van der Waals surface area contributed by atoms with E-state index < -0.39 is 5.63 Å². The van der Waals surface area contributed by atoms with Gasteiger partial charge in [-0.1, -0.05) is 12.1 Å². The van der Waals surface area contributed by atoms with Gasteiger partial charge < -0.3 is 19.0 Å². The lowest BCUT2D eigenvalue weighted by atomic mass is 10.2. The van der Waals surface area contributed by atoms with Gasteiger partial charge in [0.25, 0.3) is 5.91 Å². The molecule has 0 spiro atoms. The molecule has 1 fully saturated rings. The molecule has 0 bridgehead atoms. The number of carbonyl (C=O) groups is 1. The molecular formula is C19H21N3O4. The number of ether oxygens (including phenoxy) is 1. The number of aromatic nitrogens is 1. The van der Waals surface area contributed by atoms with Crippen LogP contribution in [0.4, 0.5) is 0 Å². The summed E-state index contributed by atoms with van der Waals surface area (Å²) in [5.41, 5.74) is 1.26. The number of nitrogens with one attached hydrogen (secondary N) is 1. The fourth-order valence-corrected chi connectivity index (χ4v) is 3.45. The zero-order valence-corrected chi connectivity index (χ0v) is 14.7. The Morgan fingerprint density at radius 1 is 1.19 bits per heavy atom. The number of hydrogen-bond acceptors (Lipinski definition) is 5. The fourth-order valence-electron chi connectivity index (χ4n) is 3.45. The second-order valence-electron chi connectivity index (χ2n) is 6.45. The maximum atomic E-state index is 12.6. The minimum atomic E-state index is -0.429. The summed E-state index contributed by atoms with van der Waals surface area (Å²) < 4.78 is 12.4. The van der Waals surface area contributed by atoms with Gasteiger partial charge in [0.2, 0.25) is 0 Å². The predicted octanol–water partition coefficient (Wildman–Crippen LogP) is 1.35. The van der Waals surface area contributed by atoms with E-state index in [1.807, 2.05) is 18.2 Å². The summed E-state index contributed by atoms with van der Waals surface area (Å²) in [6.07, 6.45) is 0. The Kier molecular flexibility index (Phi) is 4.48. The van der Waals surface area contributed by atoms with E-state index in [0.717, 1.165) is 43.8 Å². The Labute approximate surface area is 150 Å². The number of fused-ring (bicyclic) bond motifs is 3. The van der Waals surface area contributed by atoms with Crippen molar-refractivity contribution < 1.29 is 13.9 Å². The molecule has 7 nitrogen and oxygen atoms in total. The van der Waals surface area contributed by atoms with Gasteiger partial charge in [-0.3, -0.25) is 9.69 Å². The molecule has 0 unspecified atom stereocenters. The zero-order chi connectivity index (χ0) is 18.1. The average Bonchev–Trinajstić information content (AvgIpc) is 3.01. The van der Waals surface area contributed by atoms with Crippen LogP contribution in [0.25, 0.3) is 21.9 Å². The van der Waals surface area contributed by atoms with Crippen molar-refractivity contribution in [1.29, 1.82) is 0 Å². The molecular weight excluding hydrogens is 334 g/mol. The third-order valence-corrected chi connectivity index (χ3v) is 4.85. The summed E-state index contributed by atoms with van der Waals surface area (Å²) in [5, 5.41) is 4.18. The van der Waals surface area contributed by atoms with Crippen LogP contribution in [0.1, 0.15) is 10.5 Å². The topological polar surface area (TPSA) is 76.7 Å². The minimum Gasteiger partial charge on any atom is -0.422 e. The molecule has 0 saturated carbocycles. The molecule has 7 heteroatoms. The van der Waals surface area contributed by atoms with Crippen LogP contribution in [-0.4, -0.2) is 54.8 Å². The van der Waals surface area contributed by atoms with Gasteiger partial charge >= 0.3 is 5.63 Å². The first-order valence-corrected chi connectivity index (χ1v) is 8.75. The van der Waals surface area contributed by atoms with E-state index in [1.54, 1.807) is 23.7 Å². The predicted molar refractivity (Wildman–Crippen MR) is 98.6 cm³/mol. The first-order chi connectivity index (χ1) is 12.6. The maximum Gasteiger partial charge on any atom is 0.345 e. The lowest BCUT2D eigenvalue weighted by molar-refractivity contribution is 0.0383. The molecule has 1 aromatic carbocycles. The van der Waals surface area contributed by atoms with Crippen molar-refractivity contribution in [3.63, 3.8) is 0 Å². The van der Waals surface area contributed by atoms with Gasteiger partial charge in [-0.25, -0.2) is 4.79 Å². The van der Waals surface area contributed by atoms with Crippen LogP contribution in [0, 0.1) is 0 Å². The molecule has 1 saturated heterocycles. The molecule has 26 heavy (non-hydrogen) atoms. The number of amides is 1. The molecule has 136 valence electrons. The second-order valence-corrected chi connectivity index (χ2v) is 6.45. The summed E-state index contributed by atoms with van der Waals surface area (Å²) >= 11 is 0. The third kappa shape index (κ3) is 3.00. The van der Waals surface area contributed by atoms with Crippen molar-refractivity contribution in [2.24, 2.45) is 7.05 Å². The Hall–Kier alpha value is -2.64. The molecule has 0 radical (unpaired) electrons. The maximum absolute atomic E-state index is 12.6. The standard InChI is InChI=1S/C19H21N3O4/c1-21-15(18(23)20-6-7-22-8-10-25-11-9-22)12-14-17(21)13-4-2-3-5-16(13)26-19(14)24/h2-5,12H,6-11H2,1H3,(H,20,23). The zero-order valence-electron chi connectivity index (χ0n) is 14.7. The molecule has 0 atom stereocenters. The smallest absolute Gasteiger partial charge is 0.345 e. The van der Waals surface area contributed by atoms with Crippen LogP contribution in [0.5, 0.6) is 0 Å². The number of rotatable bonds is 4. The van der Waals surface area contributed by atoms with Crippen molar-refractivity contribution in [2.45, 2.75) is 0 Å². The number of benzene rings is 1. The van der Waals surface area contributed by atoms with Crippen LogP contribution in [0.2, 0.25) is 0 Å². The number of carbonyl (C=O) groups excluding carboxylic acids is 1. The van der Waals surface area contributed by atoms with Gasteiger partial charge in [0.05, 0.1) is 24.1 Å². The lowest BCUT2D eigenvalue weighted by Gasteiger charge is -2.26. The molecule has 1 aliphatic rings. The largest absolute Gasteiger partial charge is 0.422 e. The number of morpholine rings is 1. The summed E-state index contributed by atoms with van der Waals surface area (Å²) in [6, 6.07) is 8.96. The molecule has 3 aromatic rings. The number of para-hydroxylation sites is 1. The SMILES string of the molecule is Cn1c(C(=O)NCCN2CCOCC2)cc2c(=O)oc3ccccc3c21. The van der Waals surface area contributed by atoms with E-state index in [-0.39, 0.29) is 5.91 Å². The van der Waals surface area contributed by atoms with Gasteiger partial charge in [0.15, 0.2) is 0 Å². The van der Waals surface area contributed by atoms with Gasteiger partial charge in [-0.05, 0) is 18.2 Å². The summed E-state index contributed by atoms with van der Waals surface area (Å²) in [7, 11) is 1.80. The first-order valence-electron chi connectivity index (χ1n) is 8.75. The van der Waals surface area contributed by atoms with Crippen molar-refractivity contribution >= 4 is 27.8 Å². The van der Waals surface area contributed by atoms with Gasteiger partial charge in [0.1, 0.15) is 11.3 Å². The van der Waals surface area contributed by atoms with Crippen LogP contribution < -0.4 is 10.9 Å². The van der Waals surface area contributed by atoms with Crippen LogP contribution in [0.15, 0.2) is 39.5 Å². The Morgan fingerprint density at radius 2 is 1.96 bits per heavy atom. The van der Waals surface area contributed by atoms with Crippen molar-refractivity contribution in [1.82, 2.24) is 14.8 Å². The molecule has 3 heterocycles. The second kappa shape index (κ2) is 6.93. The van der Waals surface area contributed by atoms with E-state index in [2.05, 4.69) is 10.2 Å². The van der Waals surface area contributed by atoms with Crippen molar-refractivity contribution in [3.8, 4) is 0 Å². The molecule has 1 N–H and O–H groups in total. The van der Waals surface area contributed by atoms with Crippen LogP contribution in [0.3, 0.4) is 0 Å². The van der Waals surface area contributed by atoms with E-state index in [4.69, 9.17) is 9.15 Å². The fraction of sp³-hybridized carbons (Fsp3) is 0.368. The summed E-state index contributed by atoms with van der Waals surface area (Å²) in [5.74, 6) is -0.194. The Bertz CT molecular complexity index is 1010. The Balaban J connectivity index is 1.59. The van der Waals surface area contributed by atoms with Gasteiger partial charge in [-0.2, -0.15) is 0 Å². The summed E-state index contributed by atoms with van der Waals surface area (Å²) in [6.45, 7) is 4.58. The monoisotopic (exact) mass is 355 g/mol. The van der Waals surface area contributed by atoms with Crippen LogP contribution >= 0.6 is 0 Å². The summed E-state index contributed by atoms with van der Waals surface area (Å²) in [4.78, 5) is 27.1. The molecule has 1 amide bonds. The van der Waals surface area contributed by atoms with E-state index >= 15 is 0 Å². The molecule has 2 aromatic heterocycles. The average molecular weight is 355 g/mol. The highest BCUT2D eigenvalue weighted by Gasteiger charge is 2.18. The molecule has 4 rings (SSSR count). The van der Waals surface area contributed by atoms with Crippen molar-refractivity contribution in [3.05, 3.63) is 46.4 Å². The van der Waals surface area contributed by atoms with E-state index in [9.17, 15) is 9.59 Å². The first kappa shape index (κ1) is 16.8. The number of aryl methyl sites for hydroxylation is 1. The Morgan fingerprint density at radius 3 is 2.77 bits per heavy atom. The third-order valence-electron chi connectivity index (χ3n) is 4.85. The minimum absolute atomic E-state index is 0.194. The number of hydrogen-bond donors (Lipinski definition) is 1. The lowest BCUT2D eigenvalue weighted by Crippen LogP contribution is -2.41. The van der Waals surface area contributed by atoms with Gasteiger partial charge in [-0.15, -0.1) is 0 Å². The van der Waals surface area contributed by atoms with Crippen LogP contribution in [-0.2, 0) is 11.8 Å². The molecule has 1 aliphatic heterocycles. The molecule has 0 aliphatic carbocycles. The van der Waals surface area contributed by atoms with E-state index in [1.165, 1.54) is 0 Å². The normalized spacial score (nSPS) is 15.6. The highest BCUT2D eigenvalue weighted by Crippen LogP contribution is 2.25. The highest BCUT2D eigenvalue weighted by molar-refractivity contribution is 6.07. The highest BCUT2D eigenvalue weighted by atomic mass is 16.5.